The highest BCUT2D eigenvalue weighted by molar-refractivity contribution is 5.94. The van der Waals surface area contributed by atoms with Crippen LogP contribution in [0.3, 0.4) is 0 Å². The van der Waals surface area contributed by atoms with E-state index >= 15 is 0 Å². The molecule has 134 valence electrons. The summed E-state index contributed by atoms with van der Waals surface area (Å²) in [4.78, 5) is 20.9. The summed E-state index contributed by atoms with van der Waals surface area (Å²) in [6, 6.07) is 4.20. The van der Waals surface area contributed by atoms with Gasteiger partial charge in [-0.2, -0.15) is 4.98 Å². The summed E-state index contributed by atoms with van der Waals surface area (Å²) in [7, 11) is 1.39. The highest BCUT2D eigenvalue weighted by Crippen LogP contribution is 2.20. The smallest absolute Gasteiger partial charge is 0.254 e. The molecule has 0 spiro atoms. The van der Waals surface area contributed by atoms with E-state index in [1.54, 1.807) is 11.8 Å². The van der Waals surface area contributed by atoms with Crippen LogP contribution in [0, 0.1) is 12.7 Å². The van der Waals surface area contributed by atoms with Gasteiger partial charge in [0.1, 0.15) is 0 Å². The lowest BCUT2D eigenvalue weighted by Crippen LogP contribution is -2.35. The van der Waals surface area contributed by atoms with E-state index in [-0.39, 0.29) is 11.7 Å². The zero-order valence-corrected chi connectivity index (χ0v) is 14.4. The number of benzene rings is 1. The molecule has 0 unspecified atom stereocenters. The molecule has 2 aromatic rings. The molecule has 1 aromatic heterocycles. The summed E-state index contributed by atoms with van der Waals surface area (Å²) in [5.74, 6) is 0.689. The van der Waals surface area contributed by atoms with Crippen molar-refractivity contribution in [2.75, 3.05) is 33.3 Å². The Bertz CT molecular complexity index is 749. The van der Waals surface area contributed by atoms with E-state index in [1.807, 2.05) is 0 Å². The number of methoxy groups -OCH3 is 1. The Morgan fingerprint density at radius 2 is 2.16 bits per heavy atom. The molecule has 2 heterocycles. The Labute approximate surface area is 145 Å². The summed E-state index contributed by atoms with van der Waals surface area (Å²) in [5.41, 5.74) is 0.431. The van der Waals surface area contributed by atoms with Gasteiger partial charge in [-0.05, 0) is 24.6 Å². The number of hydrogen-bond acceptors (Lipinski definition) is 6. The van der Waals surface area contributed by atoms with Crippen LogP contribution in [0.4, 0.5) is 4.39 Å². The number of carbonyl (C=O) groups is 1. The minimum atomic E-state index is -0.475. The molecule has 8 heteroatoms. The zero-order valence-electron chi connectivity index (χ0n) is 14.4. The van der Waals surface area contributed by atoms with Crippen LogP contribution >= 0.6 is 0 Å². The fourth-order valence-electron chi connectivity index (χ4n) is 2.91. The van der Waals surface area contributed by atoms with Crippen molar-refractivity contribution < 1.29 is 18.4 Å². The second-order valence-corrected chi connectivity index (χ2v) is 6.00. The van der Waals surface area contributed by atoms with Crippen molar-refractivity contribution >= 4 is 5.91 Å². The lowest BCUT2D eigenvalue weighted by atomic mass is 10.1. The second-order valence-electron chi connectivity index (χ2n) is 6.00. The summed E-state index contributed by atoms with van der Waals surface area (Å²) in [6.07, 6.45) is 0.848. The molecular formula is C17H21FN4O3. The predicted molar refractivity (Wildman–Crippen MR) is 87.8 cm³/mol. The van der Waals surface area contributed by atoms with Gasteiger partial charge in [0, 0.05) is 38.7 Å². The molecule has 0 aliphatic carbocycles. The lowest BCUT2D eigenvalue weighted by molar-refractivity contribution is 0.0760. The molecule has 1 amide bonds. The SMILES string of the molecule is COc1cc(C(=O)N2CCCN(Cc3noc(C)n3)CC2)ccc1F. The Hall–Kier alpha value is -2.48. The molecule has 1 aliphatic heterocycles. The van der Waals surface area contributed by atoms with Crippen molar-refractivity contribution in [2.24, 2.45) is 0 Å². The quantitative estimate of drug-likeness (QED) is 0.840. The first-order chi connectivity index (χ1) is 12.1. The number of hydrogen-bond donors (Lipinski definition) is 0. The van der Waals surface area contributed by atoms with Crippen LogP contribution in [0.2, 0.25) is 0 Å². The fraction of sp³-hybridized carbons (Fsp3) is 0.471. The molecule has 1 fully saturated rings. The number of aryl methyl sites for hydroxylation is 1. The Morgan fingerprint density at radius 1 is 1.32 bits per heavy atom. The van der Waals surface area contributed by atoms with E-state index in [9.17, 15) is 9.18 Å². The summed E-state index contributed by atoms with van der Waals surface area (Å²) >= 11 is 0. The van der Waals surface area contributed by atoms with E-state index in [2.05, 4.69) is 15.0 Å². The molecular weight excluding hydrogens is 327 g/mol. The van der Waals surface area contributed by atoms with E-state index < -0.39 is 5.82 Å². The largest absolute Gasteiger partial charge is 0.494 e. The van der Waals surface area contributed by atoms with Crippen molar-refractivity contribution in [3.8, 4) is 5.75 Å². The van der Waals surface area contributed by atoms with Crippen LogP contribution in [0.1, 0.15) is 28.5 Å². The van der Waals surface area contributed by atoms with Crippen LogP contribution in [0.5, 0.6) is 5.75 Å². The Kier molecular flexibility index (Phi) is 5.28. The molecule has 25 heavy (non-hydrogen) atoms. The third kappa shape index (κ3) is 4.14. The van der Waals surface area contributed by atoms with Crippen LogP contribution in [-0.4, -0.2) is 59.1 Å². The second kappa shape index (κ2) is 7.60. The van der Waals surface area contributed by atoms with E-state index in [1.165, 1.54) is 25.3 Å². The molecule has 0 radical (unpaired) electrons. The van der Waals surface area contributed by atoms with Crippen molar-refractivity contribution in [2.45, 2.75) is 19.9 Å². The fourth-order valence-corrected chi connectivity index (χ4v) is 2.91. The summed E-state index contributed by atoms with van der Waals surface area (Å²) < 4.78 is 23.5. The highest BCUT2D eigenvalue weighted by atomic mass is 19.1. The predicted octanol–water partition coefficient (Wildman–Crippen LogP) is 1.87. The zero-order chi connectivity index (χ0) is 17.8. The first-order valence-corrected chi connectivity index (χ1v) is 8.21. The average molecular weight is 348 g/mol. The minimum Gasteiger partial charge on any atom is -0.494 e. The van der Waals surface area contributed by atoms with E-state index in [4.69, 9.17) is 9.26 Å². The van der Waals surface area contributed by atoms with Crippen molar-refractivity contribution in [1.82, 2.24) is 19.9 Å². The normalized spacial score (nSPS) is 15.9. The molecule has 7 nitrogen and oxygen atoms in total. The standard InChI is InChI=1S/C17H21FN4O3/c1-12-19-16(20-25-12)11-21-6-3-7-22(9-8-21)17(23)13-4-5-14(18)15(10-13)24-2/h4-5,10H,3,6-9,11H2,1-2H3. The molecule has 0 saturated carbocycles. The van der Waals surface area contributed by atoms with E-state index in [0.29, 0.717) is 36.9 Å². The highest BCUT2D eigenvalue weighted by Gasteiger charge is 2.22. The molecule has 0 bridgehead atoms. The minimum absolute atomic E-state index is 0.0785. The van der Waals surface area contributed by atoms with Crippen LogP contribution in [0.25, 0.3) is 0 Å². The van der Waals surface area contributed by atoms with Gasteiger partial charge in [-0.25, -0.2) is 4.39 Å². The first-order valence-electron chi connectivity index (χ1n) is 8.21. The van der Waals surface area contributed by atoms with Gasteiger partial charge in [-0.3, -0.25) is 9.69 Å². The van der Waals surface area contributed by atoms with Crippen LogP contribution < -0.4 is 4.74 Å². The molecule has 0 atom stereocenters. The van der Waals surface area contributed by atoms with Gasteiger partial charge in [0.15, 0.2) is 17.4 Å². The summed E-state index contributed by atoms with van der Waals surface area (Å²) in [6.45, 7) is 5.18. The maximum Gasteiger partial charge on any atom is 0.254 e. The van der Waals surface area contributed by atoms with E-state index in [0.717, 1.165) is 19.5 Å². The van der Waals surface area contributed by atoms with Crippen LogP contribution in [-0.2, 0) is 6.54 Å². The molecule has 1 aromatic carbocycles. The number of amides is 1. The van der Waals surface area contributed by atoms with Gasteiger partial charge in [0.25, 0.3) is 5.91 Å². The number of carbonyl (C=O) groups excluding carboxylic acids is 1. The lowest BCUT2D eigenvalue weighted by Gasteiger charge is -2.21. The van der Waals surface area contributed by atoms with Gasteiger partial charge in [0.05, 0.1) is 13.7 Å². The van der Waals surface area contributed by atoms with Crippen molar-refractivity contribution in [3.05, 3.63) is 41.3 Å². The number of nitrogens with zero attached hydrogens (tertiary/aromatic N) is 4. The molecule has 3 rings (SSSR count). The van der Waals surface area contributed by atoms with Gasteiger partial charge in [0.2, 0.25) is 5.89 Å². The average Bonchev–Trinajstić information content (AvgIpc) is 2.88. The number of ether oxygens (including phenoxy) is 1. The van der Waals surface area contributed by atoms with Crippen molar-refractivity contribution in [3.63, 3.8) is 0 Å². The topological polar surface area (TPSA) is 71.7 Å². The van der Waals surface area contributed by atoms with Gasteiger partial charge >= 0.3 is 0 Å². The summed E-state index contributed by atoms with van der Waals surface area (Å²) in [5, 5.41) is 3.91. The van der Waals surface area contributed by atoms with Gasteiger partial charge in [-0.15, -0.1) is 0 Å². The van der Waals surface area contributed by atoms with Crippen LogP contribution in [0.15, 0.2) is 22.7 Å². The third-order valence-corrected chi connectivity index (χ3v) is 4.21. The van der Waals surface area contributed by atoms with Gasteiger partial charge < -0.3 is 14.2 Å². The van der Waals surface area contributed by atoms with Crippen molar-refractivity contribution in [1.29, 1.82) is 0 Å². The molecule has 1 saturated heterocycles. The number of aromatic nitrogens is 2. The molecule has 1 aliphatic rings. The third-order valence-electron chi connectivity index (χ3n) is 4.21. The Balaban J connectivity index is 1.63. The number of rotatable bonds is 4. The number of halogens is 1. The Morgan fingerprint density at radius 3 is 2.88 bits per heavy atom. The monoisotopic (exact) mass is 348 g/mol. The maximum absolute atomic E-state index is 13.5. The molecule has 0 N–H and O–H groups in total. The van der Waals surface area contributed by atoms with Gasteiger partial charge in [-0.1, -0.05) is 5.16 Å². The first kappa shape index (κ1) is 17.3. The maximum atomic E-state index is 13.5.